The largest absolute Gasteiger partial charge is 0.333 e. The Morgan fingerprint density at radius 1 is 1.62 bits per heavy atom. The topological polar surface area (TPSA) is 71.5 Å². The van der Waals surface area contributed by atoms with Gasteiger partial charge in [-0.3, -0.25) is 4.48 Å². The number of anilines is 1. The molecule has 2 rings (SSSR count). The molecule has 0 unspecified atom stereocenters. The van der Waals surface area contributed by atoms with Crippen molar-refractivity contribution in [2.45, 2.75) is 13.2 Å². The molecule has 6 heteroatoms. The highest BCUT2D eigenvalue weighted by atomic mass is 15.1. The third-order valence-electron chi connectivity index (χ3n) is 1.81. The van der Waals surface area contributed by atoms with Gasteiger partial charge in [-0.15, -0.1) is 9.97 Å². The molecule has 0 saturated heterocycles. The lowest BCUT2D eigenvalue weighted by Crippen LogP contribution is -2.44. The van der Waals surface area contributed by atoms with Crippen LogP contribution in [0.25, 0.3) is 11.2 Å². The molecule has 13 heavy (non-hydrogen) atoms. The second-order valence-corrected chi connectivity index (χ2v) is 2.72. The van der Waals surface area contributed by atoms with Crippen molar-refractivity contribution in [3.63, 3.8) is 0 Å². The Kier molecular flexibility index (Phi) is 1.88. The van der Waals surface area contributed by atoms with E-state index in [1.165, 1.54) is 0 Å². The number of H-pyrrole nitrogens is 1. The predicted molar refractivity (Wildman–Crippen MR) is 50.1 cm³/mol. The van der Waals surface area contributed by atoms with Gasteiger partial charge in [-0.1, -0.05) is 6.92 Å². The molecule has 0 aromatic carbocycles. The molecule has 3 N–H and O–H groups in total. The maximum Gasteiger partial charge on any atom is 0.333 e. The lowest BCUT2D eigenvalue weighted by molar-refractivity contribution is -0.488. The smallest absolute Gasteiger partial charge is 0.329 e. The summed E-state index contributed by atoms with van der Waals surface area (Å²) in [5, 5.41) is 0. The lowest BCUT2D eigenvalue weighted by Gasteiger charge is -1.99. The average Bonchev–Trinajstić information content (AvgIpc) is 2.58. The Hall–Kier alpha value is -1.59. The number of aromatic amines is 1. The zero-order valence-electron chi connectivity index (χ0n) is 7.36. The van der Waals surface area contributed by atoms with Gasteiger partial charge in [-0.2, -0.15) is 0 Å². The second kappa shape index (κ2) is 3.04. The molecule has 0 aliphatic heterocycles. The molecule has 0 amide bonds. The summed E-state index contributed by atoms with van der Waals surface area (Å²) in [5.74, 6) is 0.460. The van der Waals surface area contributed by atoms with E-state index in [-0.39, 0.29) is 0 Å². The summed E-state index contributed by atoms with van der Waals surface area (Å²) < 4.78 is 1.78. The van der Waals surface area contributed by atoms with Crippen molar-refractivity contribution in [3.05, 3.63) is 12.5 Å². The Bertz CT molecular complexity index is 424. The third kappa shape index (κ3) is 1.24. The van der Waals surface area contributed by atoms with Gasteiger partial charge in [0.25, 0.3) is 0 Å². The summed E-state index contributed by atoms with van der Waals surface area (Å²) in [5.41, 5.74) is 7.40. The van der Waals surface area contributed by atoms with E-state index in [0.717, 1.165) is 17.5 Å². The minimum atomic E-state index is 0.460. The number of aromatic nitrogens is 4. The molecule has 1 radical (unpaired) electrons. The van der Waals surface area contributed by atoms with E-state index >= 15 is 0 Å². The van der Waals surface area contributed by atoms with E-state index in [1.54, 1.807) is 17.0 Å². The quantitative estimate of drug-likeness (QED) is 0.617. The maximum atomic E-state index is 5.70. The first-order valence-electron chi connectivity index (χ1n) is 4.15. The maximum absolute atomic E-state index is 5.70. The molecule has 0 aliphatic rings. The van der Waals surface area contributed by atoms with Gasteiger partial charge in [0, 0.05) is 0 Å². The number of hydrogen-bond donors (Lipinski definition) is 2. The number of nitrogens with two attached hydrogens (primary N) is 1. The molecule has 0 aliphatic carbocycles. The standard InChI is InChI=1S/C7H10BN5/c1-2-8-13-6-5(11-4-12-6)3-10-7(13)9/h3-4H,2H2,1H3,(H2,9,10)(H,11,12)/q+1. The van der Waals surface area contributed by atoms with Crippen molar-refractivity contribution in [3.8, 4) is 0 Å². The van der Waals surface area contributed by atoms with Crippen molar-refractivity contribution in [2.75, 3.05) is 5.73 Å². The summed E-state index contributed by atoms with van der Waals surface area (Å²) in [4.78, 5) is 11.2. The van der Waals surface area contributed by atoms with Gasteiger partial charge >= 0.3 is 13.4 Å². The van der Waals surface area contributed by atoms with Gasteiger partial charge in [0.15, 0.2) is 6.33 Å². The number of nitrogens with one attached hydrogen (secondary N) is 1. The summed E-state index contributed by atoms with van der Waals surface area (Å²) in [6, 6.07) is 0. The number of imidazole rings is 1. The highest BCUT2D eigenvalue weighted by molar-refractivity contribution is 6.25. The first kappa shape index (κ1) is 8.03. The van der Waals surface area contributed by atoms with Crippen LogP contribution in [0.4, 0.5) is 5.95 Å². The fraction of sp³-hybridized carbons (Fsp3) is 0.286. The van der Waals surface area contributed by atoms with Gasteiger partial charge < -0.3 is 10.7 Å². The number of fused-ring (bicyclic) bond motifs is 1. The zero-order chi connectivity index (χ0) is 9.26. The summed E-state index contributed by atoms with van der Waals surface area (Å²) >= 11 is 0. The van der Waals surface area contributed by atoms with Crippen molar-refractivity contribution >= 4 is 24.5 Å². The third-order valence-corrected chi connectivity index (χ3v) is 1.81. The number of nitrogens with zero attached hydrogens (tertiary/aromatic N) is 3. The van der Waals surface area contributed by atoms with Gasteiger partial charge in [-0.05, 0) is 6.32 Å². The number of nitrogen functional groups attached to an aromatic ring is 1. The zero-order valence-corrected chi connectivity index (χ0v) is 7.36. The molecule has 2 aromatic heterocycles. The molecule has 0 saturated carbocycles. The average molecular weight is 175 g/mol. The lowest BCUT2D eigenvalue weighted by atomic mass is 9.90. The Morgan fingerprint density at radius 3 is 3.23 bits per heavy atom. The van der Waals surface area contributed by atoms with E-state index in [4.69, 9.17) is 5.73 Å². The molecule has 2 aromatic rings. The molecular formula is C7H10BN5+. The summed E-state index contributed by atoms with van der Waals surface area (Å²) in [6.07, 6.45) is 4.20. The monoisotopic (exact) mass is 175 g/mol. The van der Waals surface area contributed by atoms with Crippen LogP contribution in [0.3, 0.4) is 0 Å². The van der Waals surface area contributed by atoms with Crippen LogP contribution in [-0.4, -0.2) is 22.4 Å². The van der Waals surface area contributed by atoms with E-state index in [2.05, 4.69) is 15.0 Å². The van der Waals surface area contributed by atoms with Crippen LogP contribution in [0.5, 0.6) is 0 Å². The van der Waals surface area contributed by atoms with Gasteiger partial charge in [0.1, 0.15) is 11.7 Å². The fourth-order valence-electron chi connectivity index (χ4n) is 1.25. The van der Waals surface area contributed by atoms with Crippen LogP contribution < -0.4 is 10.2 Å². The van der Waals surface area contributed by atoms with E-state index in [1.807, 2.05) is 14.3 Å². The summed E-state index contributed by atoms with van der Waals surface area (Å²) in [7, 11) is 1.95. The Labute approximate surface area is 76.3 Å². The molecule has 0 spiro atoms. The molecule has 65 valence electrons. The highest BCUT2D eigenvalue weighted by Gasteiger charge is 2.12. The molecular weight excluding hydrogens is 165 g/mol. The van der Waals surface area contributed by atoms with Crippen LogP contribution in [0.15, 0.2) is 12.5 Å². The van der Waals surface area contributed by atoms with Crippen molar-refractivity contribution in [1.29, 1.82) is 0 Å². The minimum absolute atomic E-state index is 0.460. The normalized spacial score (nSPS) is 10.5. The molecule has 5 nitrogen and oxygen atoms in total. The van der Waals surface area contributed by atoms with Gasteiger partial charge in [0.2, 0.25) is 5.65 Å². The van der Waals surface area contributed by atoms with Crippen LogP contribution in [0.1, 0.15) is 6.92 Å². The fourth-order valence-corrected chi connectivity index (χ4v) is 1.25. The predicted octanol–water partition coefficient (Wildman–Crippen LogP) is -0.267. The number of rotatable bonds is 2. The first-order chi connectivity index (χ1) is 6.33. The van der Waals surface area contributed by atoms with E-state index < -0.39 is 0 Å². The van der Waals surface area contributed by atoms with Crippen molar-refractivity contribution < 1.29 is 4.48 Å². The van der Waals surface area contributed by atoms with E-state index in [0.29, 0.717) is 5.95 Å². The Morgan fingerprint density at radius 2 is 2.46 bits per heavy atom. The van der Waals surface area contributed by atoms with Crippen LogP contribution >= 0.6 is 0 Å². The van der Waals surface area contributed by atoms with Gasteiger partial charge in [-0.25, -0.2) is 0 Å². The second-order valence-electron chi connectivity index (χ2n) is 2.72. The molecule has 0 fully saturated rings. The van der Waals surface area contributed by atoms with E-state index in [9.17, 15) is 0 Å². The molecule has 2 heterocycles. The van der Waals surface area contributed by atoms with Crippen molar-refractivity contribution in [1.82, 2.24) is 15.0 Å². The molecule has 0 atom stereocenters. The molecule has 0 bridgehead atoms. The summed E-state index contributed by atoms with van der Waals surface area (Å²) in [6.45, 7) is 2.04. The Balaban J connectivity index is 2.66. The number of hydrogen-bond acceptors (Lipinski definition) is 3. The van der Waals surface area contributed by atoms with Crippen LogP contribution in [0, 0.1) is 0 Å². The van der Waals surface area contributed by atoms with Crippen molar-refractivity contribution in [2.24, 2.45) is 0 Å². The van der Waals surface area contributed by atoms with Crippen LogP contribution in [0.2, 0.25) is 6.32 Å². The minimum Gasteiger partial charge on any atom is -0.329 e. The van der Waals surface area contributed by atoms with Gasteiger partial charge in [0.05, 0.1) is 0 Å². The SMILES string of the molecule is CC[B][n+]1c(N)ncc2[nH]cnc21. The first-order valence-corrected chi connectivity index (χ1v) is 4.15. The highest BCUT2D eigenvalue weighted by Crippen LogP contribution is 2.02. The van der Waals surface area contributed by atoms with Crippen LogP contribution in [-0.2, 0) is 0 Å².